The Labute approximate surface area is 89.0 Å². The quantitative estimate of drug-likeness (QED) is 0.519. The monoisotopic (exact) mass is 212 g/mol. The average Bonchev–Trinajstić information content (AvgIpc) is 2.18. The minimum absolute atomic E-state index is 0.0388. The Kier molecular flexibility index (Phi) is 4.00. The molecule has 0 aromatic carbocycles. The minimum Gasteiger partial charge on any atom is -0.466 e. The molecule has 4 heteroatoms. The van der Waals surface area contributed by atoms with Gasteiger partial charge in [0.05, 0.1) is 18.4 Å². The maximum Gasteiger partial charge on any atom is 0.308 e. The van der Waals surface area contributed by atoms with Crippen LogP contribution in [-0.4, -0.2) is 24.1 Å². The summed E-state index contributed by atoms with van der Waals surface area (Å²) < 4.78 is 4.88. The molecule has 15 heavy (non-hydrogen) atoms. The van der Waals surface area contributed by atoms with Crippen molar-refractivity contribution in [3.05, 3.63) is 0 Å². The highest BCUT2D eigenvalue weighted by Crippen LogP contribution is 2.28. The molecule has 0 N–H and O–H groups in total. The van der Waals surface area contributed by atoms with Gasteiger partial charge in [0.15, 0.2) is 0 Å². The molecular weight excluding hydrogens is 196 g/mol. The van der Waals surface area contributed by atoms with Gasteiger partial charge in [-0.15, -0.1) is 0 Å². The van der Waals surface area contributed by atoms with E-state index in [1.54, 1.807) is 6.92 Å². The zero-order valence-corrected chi connectivity index (χ0v) is 9.12. The topological polar surface area (TPSA) is 60.4 Å². The fourth-order valence-corrected chi connectivity index (χ4v) is 1.89. The summed E-state index contributed by atoms with van der Waals surface area (Å²) in [6, 6.07) is 0. The largest absolute Gasteiger partial charge is 0.466 e. The molecule has 1 aliphatic rings. The van der Waals surface area contributed by atoms with Crippen LogP contribution < -0.4 is 0 Å². The van der Waals surface area contributed by atoms with Gasteiger partial charge in [-0.1, -0.05) is 0 Å². The first-order valence-corrected chi connectivity index (χ1v) is 5.26. The van der Waals surface area contributed by atoms with Crippen molar-refractivity contribution in [2.24, 2.45) is 11.8 Å². The number of rotatable bonds is 3. The van der Waals surface area contributed by atoms with Gasteiger partial charge in [0.2, 0.25) is 0 Å². The number of hydrogen-bond acceptors (Lipinski definition) is 4. The Bertz CT molecular complexity index is 282. The molecule has 0 aliphatic heterocycles. The van der Waals surface area contributed by atoms with E-state index in [4.69, 9.17) is 4.74 Å². The van der Waals surface area contributed by atoms with Crippen LogP contribution in [0, 0.1) is 11.8 Å². The summed E-state index contributed by atoms with van der Waals surface area (Å²) in [4.78, 5) is 34.0. The normalized spacial score (nSPS) is 26.1. The summed E-state index contributed by atoms with van der Waals surface area (Å²) in [6.45, 7) is 3.48. The van der Waals surface area contributed by atoms with E-state index in [0.717, 1.165) is 0 Å². The van der Waals surface area contributed by atoms with Crippen molar-refractivity contribution < 1.29 is 19.1 Å². The van der Waals surface area contributed by atoms with E-state index in [0.29, 0.717) is 25.9 Å². The van der Waals surface area contributed by atoms with E-state index in [2.05, 4.69) is 0 Å². The molecule has 0 saturated heterocycles. The number of ether oxygens (including phenoxy) is 1. The maximum atomic E-state index is 11.4. The third kappa shape index (κ3) is 2.88. The summed E-state index contributed by atoms with van der Waals surface area (Å²) in [5.41, 5.74) is 0. The number of Topliss-reactive ketones (excluding diaryl/α,β-unsaturated/α-hetero) is 2. The lowest BCUT2D eigenvalue weighted by molar-refractivity contribution is -0.151. The molecule has 1 saturated carbocycles. The maximum absolute atomic E-state index is 11.4. The molecule has 84 valence electrons. The second kappa shape index (κ2) is 5.05. The summed E-state index contributed by atoms with van der Waals surface area (Å²) in [5, 5.41) is 0. The first kappa shape index (κ1) is 11.9. The lowest BCUT2D eigenvalue weighted by Gasteiger charge is -2.24. The van der Waals surface area contributed by atoms with Crippen LogP contribution in [0.4, 0.5) is 0 Å². The molecule has 0 bridgehead atoms. The smallest absolute Gasteiger partial charge is 0.308 e. The van der Waals surface area contributed by atoms with Crippen molar-refractivity contribution in [3.8, 4) is 0 Å². The predicted molar refractivity (Wildman–Crippen MR) is 53.2 cm³/mol. The average molecular weight is 212 g/mol. The van der Waals surface area contributed by atoms with Gasteiger partial charge in [-0.05, 0) is 26.7 Å². The van der Waals surface area contributed by atoms with E-state index in [1.165, 1.54) is 6.92 Å². The highest BCUT2D eigenvalue weighted by atomic mass is 16.5. The summed E-state index contributed by atoms with van der Waals surface area (Å²) in [7, 11) is 0. The van der Waals surface area contributed by atoms with Crippen LogP contribution in [-0.2, 0) is 19.1 Å². The molecule has 0 amide bonds. The number of ketones is 2. The van der Waals surface area contributed by atoms with Crippen molar-refractivity contribution >= 4 is 17.5 Å². The molecule has 0 aromatic rings. The van der Waals surface area contributed by atoms with Crippen LogP contribution in [0.5, 0.6) is 0 Å². The Morgan fingerprint density at radius 3 is 2.67 bits per heavy atom. The molecule has 0 aromatic heterocycles. The third-order valence-corrected chi connectivity index (χ3v) is 2.76. The predicted octanol–water partition coefficient (Wildman–Crippen LogP) is 1.12. The van der Waals surface area contributed by atoms with E-state index >= 15 is 0 Å². The van der Waals surface area contributed by atoms with Gasteiger partial charge in [-0.3, -0.25) is 14.4 Å². The summed E-state index contributed by atoms with van der Waals surface area (Å²) in [5.74, 6) is -1.34. The van der Waals surface area contributed by atoms with E-state index in [-0.39, 0.29) is 23.5 Å². The molecule has 0 radical (unpaired) electrons. The van der Waals surface area contributed by atoms with Crippen molar-refractivity contribution in [1.82, 2.24) is 0 Å². The Balaban J connectivity index is 2.61. The second-order valence-corrected chi connectivity index (χ2v) is 3.85. The molecule has 2 unspecified atom stereocenters. The van der Waals surface area contributed by atoms with Crippen LogP contribution in [0.3, 0.4) is 0 Å². The standard InChI is InChI=1S/C11H16O4/c1-3-15-11(14)8-4-5-10(13)9(6-8)7(2)12/h8-9H,3-6H2,1-2H3. The third-order valence-electron chi connectivity index (χ3n) is 2.76. The molecule has 1 fully saturated rings. The van der Waals surface area contributed by atoms with Gasteiger partial charge >= 0.3 is 5.97 Å². The van der Waals surface area contributed by atoms with Gasteiger partial charge in [-0.2, -0.15) is 0 Å². The molecule has 4 nitrogen and oxygen atoms in total. The van der Waals surface area contributed by atoms with Crippen LogP contribution in [0.2, 0.25) is 0 Å². The van der Waals surface area contributed by atoms with Crippen LogP contribution in [0.25, 0.3) is 0 Å². The van der Waals surface area contributed by atoms with E-state index < -0.39 is 5.92 Å². The number of esters is 1. The first-order valence-electron chi connectivity index (χ1n) is 5.26. The van der Waals surface area contributed by atoms with Crippen LogP contribution >= 0.6 is 0 Å². The van der Waals surface area contributed by atoms with Gasteiger partial charge in [0.1, 0.15) is 11.6 Å². The summed E-state index contributed by atoms with van der Waals surface area (Å²) >= 11 is 0. The molecule has 0 spiro atoms. The Hall–Kier alpha value is -1.19. The van der Waals surface area contributed by atoms with Gasteiger partial charge in [0.25, 0.3) is 0 Å². The number of carbonyl (C=O) groups is 3. The first-order chi connectivity index (χ1) is 7.06. The lowest BCUT2D eigenvalue weighted by Crippen LogP contribution is -2.33. The van der Waals surface area contributed by atoms with Crippen LogP contribution in [0.1, 0.15) is 33.1 Å². The molecular formula is C11H16O4. The van der Waals surface area contributed by atoms with E-state index in [1.807, 2.05) is 0 Å². The zero-order chi connectivity index (χ0) is 11.4. The number of hydrogen-bond donors (Lipinski definition) is 0. The van der Waals surface area contributed by atoms with Gasteiger partial charge < -0.3 is 4.74 Å². The van der Waals surface area contributed by atoms with E-state index in [9.17, 15) is 14.4 Å². The fourth-order valence-electron chi connectivity index (χ4n) is 1.89. The van der Waals surface area contributed by atoms with Crippen molar-refractivity contribution in [3.63, 3.8) is 0 Å². The van der Waals surface area contributed by atoms with Gasteiger partial charge in [0, 0.05) is 6.42 Å². The molecule has 1 aliphatic carbocycles. The van der Waals surface area contributed by atoms with Crippen molar-refractivity contribution in [2.45, 2.75) is 33.1 Å². The van der Waals surface area contributed by atoms with Crippen molar-refractivity contribution in [1.29, 1.82) is 0 Å². The van der Waals surface area contributed by atoms with Gasteiger partial charge in [-0.25, -0.2) is 0 Å². The Morgan fingerprint density at radius 1 is 1.47 bits per heavy atom. The number of carbonyl (C=O) groups excluding carboxylic acids is 3. The summed E-state index contributed by atoms with van der Waals surface area (Å²) in [6.07, 6.45) is 1.15. The SMILES string of the molecule is CCOC(=O)C1CCC(=O)C(C(C)=O)C1. The fraction of sp³-hybridized carbons (Fsp3) is 0.727. The highest BCUT2D eigenvalue weighted by molar-refractivity contribution is 6.02. The minimum atomic E-state index is -0.590. The van der Waals surface area contributed by atoms with Crippen LogP contribution in [0.15, 0.2) is 0 Å². The highest BCUT2D eigenvalue weighted by Gasteiger charge is 2.35. The molecule has 2 atom stereocenters. The lowest BCUT2D eigenvalue weighted by atomic mass is 9.79. The Morgan fingerprint density at radius 2 is 2.13 bits per heavy atom. The zero-order valence-electron chi connectivity index (χ0n) is 9.12. The molecule has 1 rings (SSSR count). The van der Waals surface area contributed by atoms with Crippen molar-refractivity contribution in [2.75, 3.05) is 6.61 Å². The second-order valence-electron chi connectivity index (χ2n) is 3.85. The molecule has 0 heterocycles.